The van der Waals surface area contributed by atoms with Gasteiger partial charge < -0.3 is 5.32 Å². The molecule has 0 radical (unpaired) electrons. The average Bonchev–Trinajstić information content (AvgIpc) is 2.15. The first-order valence-corrected chi connectivity index (χ1v) is 4.75. The van der Waals surface area contributed by atoms with Crippen LogP contribution in [-0.4, -0.2) is 7.05 Å². The van der Waals surface area contributed by atoms with Gasteiger partial charge in [-0.2, -0.15) is 13.2 Å². The van der Waals surface area contributed by atoms with Gasteiger partial charge in [0.2, 0.25) is 0 Å². The lowest BCUT2D eigenvalue weighted by Gasteiger charge is -2.15. The van der Waals surface area contributed by atoms with Gasteiger partial charge in [-0.1, -0.05) is 19.9 Å². The molecule has 1 nitrogen and oxygen atoms in total. The zero-order valence-electron chi connectivity index (χ0n) is 8.94. The summed E-state index contributed by atoms with van der Waals surface area (Å²) >= 11 is 0. The molecule has 84 valence electrons. The number of halogens is 3. The predicted molar refractivity (Wildman–Crippen MR) is 55.1 cm³/mol. The lowest BCUT2D eigenvalue weighted by molar-refractivity contribution is -0.137. The van der Waals surface area contributed by atoms with Crippen molar-refractivity contribution < 1.29 is 13.2 Å². The Morgan fingerprint density at radius 1 is 1.20 bits per heavy atom. The SMILES string of the molecule is CNc1ccc(C(C)C)cc1C(F)(F)F. The first-order valence-electron chi connectivity index (χ1n) is 4.75. The molecule has 15 heavy (non-hydrogen) atoms. The molecule has 0 aliphatic carbocycles. The van der Waals surface area contributed by atoms with Gasteiger partial charge in [0.1, 0.15) is 0 Å². The van der Waals surface area contributed by atoms with Crippen molar-refractivity contribution in [3.05, 3.63) is 29.3 Å². The highest BCUT2D eigenvalue weighted by molar-refractivity contribution is 5.54. The largest absolute Gasteiger partial charge is 0.418 e. The summed E-state index contributed by atoms with van der Waals surface area (Å²) in [4.78, 5) is 0. The van der Waals surface area contributed by atoms with Gasteiger partial charge in [0.25, 0.3) is 0 Å². The quantitative estimate of drug-likeness (QED) is 0.792. The number of benzene rings is 1. The van der Waals surface area contributed by atoms with Crippen LogP contribution in [0, 0.1) is 0 Å². The zero-order chi connectivity index (χ0) is 11.6. The van der Waals surface area contributed by atoms with E-state index in [1.54, 1.807) is 6.07 Å². The van der Waals surface area contributed by atoms with Gasteiger partial charge in [-0.3, -0.25) is 0 Å². The Kier molecular flexibility index (Phi) is 3.27. The van der Waals surface area contributed by atoms with Crippen LogP contribution in [0.2, 0.25) is 0 Å². The molecule has 1 aromatic rings. The standard InChI is InChI=1S/C11H14F3N/c1-7(2)8-4-5-10(15-3)9(6-8)11(12,13)14/h4-7,15H,1-3H3. The highest BCUT2D eigenvalue weighted by Crippen LogP contribution is 2.36. The van der Waals surface area contributed by atoms with Crippen molar-refractivity contribution in [2.24, 2.45) is 0 Å². The van der Waals surface area contributed by atoms with Gasteiger partial charge in [-0.25, -0.2) is 0 Å². The van der Waals surface area contributed by atoms with E-state index < -0.39 is 11.7 Å². The number of alkyl halides is 3. The maximum atomic E-state index is 12.6. The minimum Gasteiger partial charge on any atom is -0.388 e. The highest BCUT2D eigenvalue weighted by Gasteiger charge is 2.33. The summed E-state index contributed by atoms with van der Waals surface area (Å²) in [7, 11) is 1.49. The molecule has 0 aliphatic rings. The van der Waals surface area contributed by atoms with E-state index in [1.807, 2.05) is 13.8 Å². The van der Waals surface area contributed by atoms with Crippen LogP contribution in [0.4, 0.5) is 18.9 Å². The summed E-state index contributed by atoms with van der Waals surface area (Å²) in [5.74, 6) is 0.0945. The number of nitrogens with one attached hydrogen (secondary N) is 1. The monoisotopic (exact) mass is 217 g/mol. The van der Waals surface area contributed by atoms with E-state index in [4.69, 9.17) is 0 Å². The normalized spacial score (nSPS) is 11.9. The fourth-order valence-corrected chi connectivity index (χ4v) is 1.37. The molecule has 0 atom stereocenters. The number of anilines is 1. The van der Waals surface area contributed by atoms with E-state index >= 15 is 0 Å². The summed E-state index contributed by atoms with van der Waals surface area (Å²) in [6.45, 7) is 3.74. The molecule has 0 amide bonds. The van der Waals surface area contributed by atoms with Gasteiger partial charge in [0, 0.05) is 12.7 Å². The van der Waals surface area contributed by atoms with E-state index in [0.717, 1.165) is 0 Å². The number of hydrogen-bond acceptors (Lipinski definition) is 1. The lowest BCUT2D eigenvalue weighted by Crippen LogP contribution is -2.09. The van der Waals surface area contributed by atoms with Gasteiger partial charge in [-0.15, -0.1) is 0 Å². The molecule has 0 saturated carbocycles. The molecule has 0 spiro atoms. The lowest BCUT2D eigenvalue weighted by atomic mass is 9.99. The predicted octanol–water partition coefficient (Wildman–Crippen LogP) is 3.87. The average molecular weight is 217 g/mol. The molecule has 1 rings (SSSR count). The molecule has 0 bridgehead atoms. The third kappa shape index (κ3) is 2.64. The van der Waals surface area contributed by atoms with Crippen molar-refractivity contribution in [1.82, 2.24) is 0 Å². The molecule has 0 fully saturated rings. The first kappa shape index (κ1) is 11.9. The third-order valence-electron chi connectivity index (χ3n) is 2.29. The van der Waals surface area contributed by atoms with E-state index in [2.05, 4.69) is 5.32 Å². The molecule has 1 N–H and O–H groups in total. The summed E-state index contributed by atoms with van der Waals surface area (Å²) in [6, 6.07) is 4.39. The van der Waals surface area contributed by atoms with E-state index in [0.29, 0.717) is 5.56 Å². The Balaban J connectivity index is 3.26. The van der Waals surface area contributed by atoms with Gasteiger partial charge in [0.05, 0.1) is 5.56 Å². The minimum atomic E-state index is -4.30. The van der Waals surface area contributed by atoms with Gasteiger partial charge in [0.15, 0.2) is 0 Å². The zero-order valence-corrected chi connectivity index (χ0v) is 8.94. The Morgan fingerprint density at radius 3 is 2.20 bits per heavy atom. The molecule has 0 aromatic heterocycles. The number of rotatable bonds is 2. The van der Waals surface area contributed by atoms with E-state index in [-0.39, 0.29) is 11.6 Å². The van der Waals surface area contributed by atoms with Crippen molar-refractivity contribution in [1.29, 1.82) is 0 Å². The summed E-state index contributed by atoms with van der Waals surface area (Å²) in [6.07, 6.45) is -4.30. The minimum absolute atomic E-state index is 0.0945. The third-order valence-corrected chi connectivity index (χ3v) is 2.29. The van der Waals surface area contributed by atoms with Crippen molar-refractivity contribution in [2.75, 3.05) is 12.4 Å². The first-order chi connectivity index (χ1) is 6.86. The second-order valence-corrected chi connectivity index (χ2v) is 3.71. The summed E-state index contributed by atoms with van der Waals surface area (Å²) in [5.41, 5.74) is 0.212. The van der Waals surface area contributed by atoms with Crippen LogP contribution in [0.3, 0.4) is 0 Å². The van der Waals surface area contributed by atoms with Crippen LogP contribution in [0.25, 0.3) is 0 Å². The van der Waals surface area contributed by atoms with Crippen LogP contribution >= 0.6 is 0 Å². The Labute approximate surface area is 87.3 Å². The van der Waals surface area contributed by atoms with Crippen molar-refractivity contribution in [3.8, 4) is 0 Å². The summed E-state index contributed by atoms with van der Waals surface area (Å²) in [5, 5.41) is 2.55. The van der Waals surface area contributed by atoms with Crippen LogP contribution in [-0.2, 0) is 6.18 Å². The molecule has 0 unspecified atom stereocenters. The molecular formula is C11H14F3N. The smallest absolute Gasteiger partial charge is 0.388 e. The molecule has 1 aromatic carbocycles. The second-order valence-electron chi connectivity index (χ2n) is 3.71. The van der Waals surface area contributed by atoms with Crippen molar-refractivity contribution in [3.63, 3.8) is 0 Å². The molecule has 0 saturated heterocycles. The fourth-order valence-electron chi connectivity index (χ4n) is 1.37. The highest BCUT2D eigenvalue weighted by atomic mass is 19.4. The Bertz CT molecular complexity index is 342. The van der Waals surface area contributed by atoms with Crippen LogP contribution < -0.4 is 5.32 Å². The van der Waals surface area contributed by atoms with Crippen molar-refractivity contribution >= 4 is 5.69 Å². The Morgan fingerprint density at radius 2 is 1.80 bits per heavy atom. The van der Waals surface area contributed by atoms with E-state index in [1.165, 1.54) is 19.2 Å². The van der Waals surface area contributed by atoms with Crippen LogP contribution in [0.15, 0.2) is 18.2 Å². The topological polar surface area (TPSA) is 12.0 Å². The maximum absolute atomic E-state index is 12.6. The summed E-state index contributed by atoms with van der Waals surface area (Å²) < 4.78 is 37.9. The molecule has 4 heteroatoms. The molecule has 0 aliphatic heterocycles. The molecular weight excluding hydrogens is 203 g/mol. The van der Waals surface area contributed by atoms with Crippen LogP contribution in [0.5, 0.6) is 0 Å². The second kappa shape index (κ2) is 4.13. The van der Waals surface area contributed by atoms with Gasteiger partial charge in [-0.05, 0) is 23.6 Å². The Hall–Kier alpha value is -1.19. The van der Waals surface area contributed by atoms with Crippen molar-refractivity contribution in [2.45, 2.75) is 25.9 Å². The molecule has 0 heterocycles. The fraction of sp³-hybridized carbons (Fsp3) is 0.455. The maximum Gasteiger partial charge on any atom is 0.418 e. The van der Waals surface area contributed by atoms with E-state index in [9.17, 15) is 13.2 Å². The van der Waals surface area contributed by atoms with Crippen LogP contribution in [0.1, 0.15) is 30.9 Å². The van der Waals surface area contributed by atoms with Gasteiger partial charge >= 0.3 is 6.18 Å². The number of hydrogen-bond donors (Lipinski definition) is 1.